The quantitative estimate of drug-likeness (QED) is 0.557. The molecule has 0 N–H and O–H groups in total. The van der Waals surface area contributed by atoms with E-state index in [0.717, 1.165) is 18.4 Å². The molecule has 0 heterocycles. The largest absolute Gasteiger partial charge is 0.391 e. The molecular formula is C16H17NO. The van der Waals surface area contributed by atoms with Crippen LogP contribution in [0.5, 0.6) is 0 Å². The highest BCUT2D eigenvalue weighted by molar-refractivity contribution is 5.24. The third-order valence-corrected chi connectivity index (χ3v) is 2.89. The molecule has 0 aromatic heterocycles. The van der Waals surface area contributed by atoms with Gasteiger partial charge in [0.25, 0.3) is 0 Å². The summed E-state index contributed by atoms with van der Waals surface area (Å²) in [5.74, 6) is 0. The fraction of sp³-hybridized carbons (Fsp3) is 0.188. The third kappa shape index (κ3) is 3.74. The molecule has 2 nitrogen and oxygen atoms in total. The van der Waals surface area contributed by atoms with Crippen LogP contribution in [0.15, 0.2) is 59.8 Å². The molecular weight excluding hydrogens is 222 g/mol. The van der Waals surface area contributed by atoms with Gasteiger partial charge in [0.05, 0.1) is 0 Å². The SMILES string of the molecule is C=NOCc1ccc(CCc2ccccc2)cc1. The Balaban J connectivity index is 1.88. The van der Waals surface area contributed by atoms with Gasteiger partial charge >= 0.3 is 0 Å². The number of hydrogen-bond donors (Lipinski definition) is 0. The van der Waals surface area contributed by atoms with Crippen molar-refractivity contribution in [3.63, 3.8) is 0 Å². The fourth-order valence-electron chi connectivity index (χ4n) is 1.86. The third-order valence-electron chi connectivity index (χ3n) is 2.89. The Labute approximate surface area is 108 Å². The highest BCUT2D eigenvalue weighted by Crippen LogP contribution is 2.09. The molecule has 0 fully saturated rings. The van der Waals surface area contributed by atoms with Crippen molar-refractivity contribution in [3.8, 4) is 0 Å². The first kappa shape index (κ1) is 12.4. The summed E-state index contributed by atoms with van der Waals surface area (Å²) >= 11 is 0. The van der Waals surface area contributed by atoms with Gasteiger partial charge in [-0.15, -0.1) is 5.16 Å². The smallest absolute Gasteiger partial charge is 0.142 e. The van der Waals surface area contributed by atoms with Crippen molar-refractivity contribution < 1.29 is 4.84 Å². The Morgan fingerprint density at radius 2 is 1.33 bits per heavy atom. The van der Waals surface area contributed by atoms with E-state index in [1.54, 1.807) is 0 Å². The summed E-state index contributed by atoms with van der Waals surface area (Å²) in [6.45, 7) is 3.77. The molecule has 2 rings (SSSR count). The van der Waals surface area contributed by atoms with Gasteiger partial charge in [-0.25, -0.2) is 0 Å². The van der Waals surface area contributed by atoms with Crippen molar-refractivity contribution in [1.82, 2.24) is 0 Å². The average Bonchev–Trinajstić information content (AvgIpc) is 2.45. The molecule has 0 spiro atoms. The van der Waals surface area contributed by atoms with E-state index in [0.29, 0.717) is 6.61 Å². The molecule has 0 saturated carbocycles. The lowest BCUT2D eigenvalue weighted by Gasteiger charge is -2.04. The number of hydrogen-bond acceptors (Lipinski definition) is 2. The Bertz CT molecular complexity index is 476. The Hall–Kier alpha value is -2.09. The van der Waals surface area contributed by atoms with Crippen molar-refractivity contribution >= 4 is 6.72 Å². The van der Waals surface area contributed by atoms with Crippen LogP contribution < -0.4 is 0 Å². The van der Waals surface area contributed by atoms with Crippen LogP contribution in [-0.4, -0.2) is 6.72 Å². The van der Waals surface area contributed by atoms with Gasteiger partial charge in [-0.2, -0.15) is 0 Å². The fourth-order valence-corrected chi connectivity index (χ4v) is 1.86. The summed E-state index contributed by atoms with van der Waals surface area (Å²) in [6, 6.07) is 19.0. The Kier molecular flexibility index (Phi) is 4.53. The zero-order valence-electron chi connectivity index (χ0n) is 10.4. The number of benzene rings is 2. The van der Waals surface area contributed by atoms with E-state index in [9.17, 15) is 0 Å². The van der Waals surface area contributed by atoms with Gasteiger partial charge in [-0.3, -0.25) is 0 Å². The molecule has 0 unspecified atom stereocenters. The molecule has 0 saturated heterocycles. The van der Waals surface area contributed by atoms with Crippen molar-refractivity contribution in [2.24, 2.45) is 5.16 Å². The normalized spacial score (nSPS) is 10.0. The molecule has 0 radical (unpaired) electrons. The predicted octanol–water partition coefficient (Wildman–Crippen LogP) is 3.60. The van der Waals surface area contributed by atoms with Crippen LogP contribution in [0.25, 0.3) is 0 Å². The van der Waals surface area contributed by atoms with Gasteiger partial charge in [0.2, 0.25) is 0 Å². The predicted molar refractivity (Wildman–Crippen MR) is 74.6 cm³/mol. The van der Waals surface area contributed by atoms with E-state index in [2.05, 4.69) is 60.4 Å². The lowest BCUT2D eigenvalue weighted by molar-refractivity contribution is 0.133. The van der Waals surface area contributed by atoms with Crippen LogP contribution in [0, 0.1) is 0 Å². The van der Waals surface area contributed by atoms with E-state index in [1.807, 2.05) is 6.07 Å². The Morgan fingerprint density at radius 1 is 0.778 bits per heavy atom. The summed E-state index contributed by atoms with van der Waals surface area (Å²) in [5, 5.41) is 3.38. The second kappa shape index (κ2) is 6.60. The van der Waals surface area contributed by atoms with Gasteiger partial charge in [0.15, 0.2) is 0 Å². The molecule has 2 aromatic rings. The first-order valence-electron chi connectivity index (χ1n) is 6.08. The molecule has 0 bridgehead atoms. The molecule has 92 valence electrons. The van der Waals surface area contributed by atoms with Crippen molar-refractivity contribution in [2.45, 2.75) is 19.4 Å². The highest BCUT2D eigenvalue weighted by Gasteiger charge is 1.97. The summed E-state index contributed by atoms with van der Waals surface area (Å²) in [4.78, 5) is 4.90. The zero-order chi connectivity index (χ0) is 12.6. The van der Waals surface area contributed by atoms with E-state index in [1.165, 1.54) is 11.1 Å². The van der Waals surface area contributed by atoms with Crippen molar-refractivity contribution in [1.29, 1.82) is 0 Å². The van der Waals surface area contributed by atoms with E-state index >= 15 is 0 Å². The van der Waals surface area contributed by atoms with E-state index in [-0.39, 0.29) is 0 Å². The second-order valence-electron chi connectivity index (χ2n) is 4.20. The zero-order valence-corrected chi connectivity index (χ0v) is 10.4. The molecule has 18 heavy (non-hydrogen) atoms. The number of oxime groups is 1. The van der Waals surface area contributed by atoms with E-state index in [4.69, 9.17) is 4.84 Å². The molecule has 0 aliphatic carbocycles. The van der Waals surface area contributed by atoms with Crippen LogP contribution in [0.2, 0.25) is 0 Å². The maximum absolute atomic E-state index is 4.90. The van der Waals surface area contributed by atoms with Gasteiger partial charge < -0.3 is 4.84 Å². The number of rotatable bonds is 6. The van der Waals surface area contributed by atoms with Gasteiger partial charge in [0.1, 0.15) is 6.61 Å². The van der Waals surface area contributed by atoms with Crippen LogP contribution in [0.3, 0.4) is 0 Å². The second-order valence-corrected chi connectivity index (χ2v) is 4.20. The summed E-state index contributed by atoms with van der Waals surface area (Å²) in [5.41, 5.74) is 3.83. The standard InChI is InChI=1S/C16H17NO/c1-17-18-13-16-11-9-15(10-12-16)8-7-14-5-3-2-4-6-14/h2-6,9-12H,1,7-8,13H2. The minimum absolute atomic E-state index is 0.489. The van der Waals surface area contributed by atoms with Gasteiger partial charge in [0, 0.05) is 6.72 Å². The Morgan fingerprint density at radius 3 is 1.94 bits per heavy atom. The molecule has 0 atom stereocenters. The summed E-state index contributed by atoms with van der Waals surface area (Å²) in [6.07, 6.45) is 2.13. The summed E-state index contributed by atoms with van der Waals surface area (Å²) in [7, 11) is 0. The highest BCUT2D eigenvalue weighted by atomic mass is 16.6. The maximum atomic E-state index is 4.90. The molecule has 0 aliphatic rings. The minimum Gasteiger partial charge on any atom is -0.391 e. The van der Waals surface area contributed by atoms with Gasteiger partial charge in [-0.1, -0.05) is 54.6 Å². The van der Waals surface area contributed by atoms with Crippen LogP contribution in [0.1, 0.15) is 16.7 Å². The average molecular weight is 239 g/mol. The van der Waals surface area contributed by atoms with E-state index < -0.39 is 0 Å². The molecule has 2 aromatic carbocycles. The number of nitrogens with zero attached hydrogens (tertiary/aromatic N) is 1. The summed E-state index contributed by atoms with van der Waals surface area (Å²) < 4.78 is 0. The maximum Gasteiger partial charge on any atom is 0.142 e. The minimum atomic E-state index is 0.489. The monoisotopic (exact) mass is 239 g/mol. The van der Waals surface area contributed by atoms with Crippen LogP contribution >= 0.6 is 0 Å². The van der Waals surface area contributed by atoms with Crippen LogP contribution in [0.4, 0.5) is 0 Å². The first-order chi connectivity index (χ1) is 8.88. The molecule has 0 aliphatic heterocycles. The first-order valence-corrected chi connectivity index (χ1v) is 6.08. The van der Waals surface area contributed by atoms with Crippen LogP contribution in [-0.2, 0) is 24.3 Å². The molecule has 0 amide bonds. The van der Waals surface area contributed by atoms with Crippen molar-refractivity contribution in [2.75, 3.05) is 0 Å². The topological polar surface area (TPSA) is 21.6 Å². The molecule has 2 heteroatoms. The number of aryl methyl sites for hydroxylation is 2. The lowest BCUT2D eigenvalue weighted by Crippen LogP contribution is -1.92. The van der Waals surface area contributed by atoms with Crippen molar-refractivity contribution in [3.05, 3.63) is 71.3 Å². The van der Waals surface area contributed by atoms with Gasteiger partial charge in [-0.05, 0) is 29.5 Å². The lowest BCUT2D eigenvalue weighted by atomic mass is 10.0.